The highest BCUT2D eigenvalue weighted by Gasteiger charge is 2.46. The molecule has 3 aliphatic heterocycles. The number of hydrogen-bond donors (Lipinski definition) is 1. The summed E-state index contributed by atoms with van der Waals surface area (Å²) in [7, 11) is 1.75. The molecule has 1 aromatic heterocycles. The van der Waals surface area contributed by atoms with Gasteiger partial charge in [0.15, 0.2) is 5.60 Å². The number of methoxy groups -OCH3 is 1. The van der Waals surface area contributed by atoms with Crippen LogP contribution in [0.4, 0.5) is 0 Å². The molecule has 1 unspecified atom stereocenters. The SMILES string of the molecule is CO[C@]1(C#CC(O)(c2ccccc2)c2cncc3ccccc23)CN2CCC1CC2. The molecule has 4 nitrogen and oxygen atoms in total. The molecule has 4 heteroatoms. The van der Waals surface area contributed by atoms with Gasteiger partial charge in [0, 0.05) is 48.5 Å². The summed E-state index contributed by atoms with van der Waals surface area (Å²) in [6, 6.07) is 17.6. The lowest BCUT2D eigenvalue weighted by atomic mass is 9.74. The minimum Gasteiger partial charge on any atom is -0.369 e. The van der Waals surface area contributed by atoms with Crippen LogP contribution in [-0.4, -0.2) is 47.3 Å². The summed E-state index contributed by atoms with van der Waals surface area (Å²) >= 11 is 0. The Hall–Kier alpha value is -2.71. The fourth-order valence-corrected chi connectivity index (χ4v) is 5.02. The lowest BCUT2D eigenvalue weighted by Crippen LogP contribution is -2.59. The summed E-state index contributed by atoms with van der Waals surface area (Å²) in [5.74, 6) is 7.10. The van der Waals surface area contributed by atoms with Gasteiger partial charge in [-0.05, 0) is 31.3 Å². The number of nitrogens with zero attached hydrogens (tertiary/aromatic N) is 2. The Kier molecular flexibility index (Phi) is 4.83. The maximum atomic E-state index is 12.1. The smallest absolute Gasteiger partial charge is 0.179 e. The Balaban J connectivity index is 1.69. The largest absolute Gasteiger partial charge is 0.369 e. The van der Waals surface area contributed by atoms with Gasteiger partial charge in [-0.2, -0.15) is 0 Å². The van der Waals surface area contributed by atoms with Crippen molar-refractivity contribution in [1.29, 1.82) is 0 Å². The molecular formula is C26H26N2O2. The number of piperidine rings is 3. The van der Waals surface area contributed by atoms with Crippen molar-refractivity contribution in [3.05, 3.63) is 78.1 Å². The predicted octanol–water partition coefficient (Wildman–Crippen LogP) is 3.58. The number of pyridine rings is 1. The Bertz CT molecular complexity index is 1110. The van der Waals surface area contributed by atoms with E-state index in [1.54, 1.807) is 13.3 Å². The van der Waals surface area contributed by atoms with Crippen LogP contribution in [0.2, 0.25) is 0 Å². The van der Waals surface area contributed by atoms with Crippen molar-refractivity contribution in [3.8, 4) is 11.8 Å². The molecular weight excluding hydrogens is 372 g/mol. The van der Waals surface area contributed by atoms with E-state index >= 15 is 0 Å². The van der Waals surface area contributed by atoms with Crippen LogP contribution < -0.4 is 0 Å². The molecule has 152 valence electrons. The van der Waals surface area contributed by atoms with Crippen molar-refractivity contribution >= 4 is 10.8 Å². The number of benzene rings is 2. The average molecular weight is 399 g/mol. The molecule has 3 saturated heterocycles. The van der Waals surface area contributed by atoms with E-state index in [-0.39, 0.29) is 0 Å². The van der Waals surface area contributed by atoms with Gasteiger partial charge in [-0.3, -0.25) is 9.88 Å². The Morgan fingerprint density at radius 2 is 1.80 bits per heavy atom. The molecule has 1 N–H and O–H groups in total. The highest BCUT2D eigenvalue weighted by atomic mass is 16.5. The van der Waals surface area contributed by atoms with E-state index in [4.69, 9.17) is 4.74 Å². The van der Waals surface area contributed by atoms with Crippen LogP contribution in [0.5, 0.6) is 0 Å². The van der Waals surface area contributed by atoms with E-state index in [9.17, 15) is 5.11 Å². The molecule has 3 aliphatic rings. The zero-order valence-corrected chi connectivity index (χ0v) is 17.2. The summed E-state index contributed by atoms with van der Waals surface area (Å²) in [6.45, 7) is 3.00. The summed E-state index contributed by atoms with van der Waals surface area (Å²) in [5, 5.41) is 14.0. The lowest BCUT2D eigenvalue weighted by Gasteiger charge is -2.49. The standard InChI is InChI=1S/C26H26N2O2/c1-30-25(19-28-15-11-21(25)12-16-28)13-14-26(29,22-8-3-2-4-9-22)24-18-27-17-20-7-5-6-10-23(20)24/h2-10,17-18,21,29H,11-12,15-16,19H2,1H3/t25-,26?/m1/s1. The van der Waals surface area contributed by atoms with Crippen molar-refractivity contribution in [2.24, 2.45) is 5.92 Å². The van der Waals surface area contributed by atoms with Gasteiger partial charge in [-0.25, -0.2) is 0 Å². The first-order valence-corrected chi connectivity index (χ1v) is 10.6. The van der Waals surface area contributed by atoms with E-state index in [2.05, 4.69) is 21.7 Å². The molecule has 0 saturated carbocycles. The molecule has 2 atom stereocenters. The zero-order valence-electron chi connectivity index (χ0n) is 17.2. The van der Waals surface area contributed by atoms with Gasteiger partial charge < -0.3 is 9.84 Å². The first-order chi connectivity index (χ1) is 14.6. The molecule has 3 fully saturated rings. The summed E-state index contributed by atoms with van der Waals surface area (Å²) < 4.78 is 6.03. The number of fused-ring (bicyclic) bond motifs is 4. The maximum absolute atomic E-state index is 12.1. The van der Waals surface area contributed by atoms with Gasteiger partial charge in [0.1, 0.15) is 5.60 Å². The third-order valence-electron chi connectivity index (χ3n) is 6.77. The van der Waals surface area contributed by atoms with Crippen molar-refractivity contribution in [3.63, 3.8) is 0 Å². The van der Waals surface area contributed by atoms with Gasteiger partial charge in [-0.1, -0.05) is 66.4 Å². The number of hydrogen-bond acceptors (Lipinski definition) is 4. The molecule has 6 rings (SSSR count). The van der Waals surface area contributed by atoms with Crippen LogP contribution in [0.15, 0.2) is 67.0 Å². The summed E-state index contributed by atoms with van der Waals surface area (Å²) in [5.41, 5.74) is -0.584. The van der Waals surface area contributed by atoms with E-state index in [0.29, 0.717) is 11.5 Å². The molecule has 0 amide bonds. The number of ether oxygens (including phenoxy) is 1. The summed E-state index contributed by atoms with van der Waals surface area (Å²) in [4.78, 5) is 6.82. The summed E-state index contributed by atoms with van der Waals surface area (Å²) in [6.07, 6.45) is 5.73. The van der Waals surface area contributed by atoms with Crippen LogP contribution in [0.1, 0.15) is 24.0 Å². The number of aliphatic hydroxyl groups is 1. The van der Waals surface area contributed by atoms with Gasteiger partial charge in [0.2, 0.25) is 0 Å². The molecule has 0 radical (unpaired) electrons. The Morgan fingerprint density at radius 3 is 2.50 bits per heavy atom. The fourth-order valence-electron chi connectivity index (χ4n) is 5.02. The van der Waals surface area contributed by atoms with Crippen molar-refractivity contribution < 1.29 is 9.84 Å². The van der Waals surface area contributed by atoms with Gasteiger partial charge >= 0.3 is 0 Å². The van der Waals surface area contributed by atoms with Crippen molar-refractivity contribution in [2.75, 3.05) is 26.7 Å². The van der Waals surface area contributed by atoms with Crippen molar-refractivity contribution in [1.82, 2.24) is 9.88 Å². The molecule has 2 bridgehead atoms. The van der Waals surface area contributed by atoms with E-state index in [1.165, 1.54) is 0 Å². The van der Waals surface area contributed by atoms with Crippen LogP contribution in [-0.2, 0) is 10.3 Å². The minimum absolute atomic E-state index is 0.394. The average Bonchev–Trinajstić information content (AvgIpc) is 2.83. The Morgan fingerprint density at radius 1 is 1.07 bits per heavy atom. The monoisotopic (exact) mass is 398 g/mol. The van der Waals surface area contributed by atoms with E-state index in [0.717, 1.165) is 48.8 Å². The number of rotatable bonds is 3. The zero-order chi connectivity index (χ0) is 20.6. The molecule has 30 heavy (non-hydrogen) atoms. The fraction of sp³-hybridized carbons (Fsp3) is 0.346. The molecule has 3 aromatic rings. The normalized spacial score (nSPS) is 27.3. The molecule has 0 aliphatic carbocycles. The van der Waals surface area contributed by atoms with Gasteiger partial charge in [0.05, 0.1) is 0 Å². The van der Waals surface area contributed by atoms with Gasteiger partial charge in [-0.15, -0.1) is 0 Å². The highest BCUT2D eigenvalue weighted by molar-refractivity contribution is 5.86. The topological polar surface area (TPSA) is 45.6 Å². The predicted molar refractivity (Wildman–Crippen MR) is 118 cm³/mol. The molecule has 2 aromatic carbocycles. The first kappa shape index (κ1) is 19.3. The van der Waals surface area contributed by atoms with Crippen LogP contribution >= 0.6 is 0 Å². The minimum atomic E-state index is -1.48. The van der Waals surface area contributed by atoms with Crippen molar-refractivity contribution in [2.45, 2.75) is 24.0 Å². The quantitative estimate of drug-likeness (QED) is 0.685. The lowest BCUT2D eigenvalue weighted by molar-refractivity contribution is -0.0964. The van der Waals surface area contributed by atoms with Crippen LogP contribution in [0.3, 0.4) is 0 Å². The second kappa shape index (κ2) is 7.52. The molecule has 4 heterocycles. The molecule has 0 spiro atoms. The first-order valence-electron chi connectivity index (χ1n) is 10.6. The third-order valence-corrected chi connectivity index (χ3v) is 6.77. The second-order valence-electron chi connectivity index (χ2n) is 8.38. The second-order valence-corrected chi connectivity index (χ2v) is 8.38. The third kappa shape index (κ3) is 3.11. The van der Waals surface area contributed by atoms with E-state index < -0.39 is 11.2 Å². The number of aromatic nitrogens is 1. The maximum Gasteiger partial charge on any atom is 0.179 e. The van der Waals surface area contributed by atoms with E-state index in [1.807, 2.05) is 60.8 Å². The van der Waals surface area contributed by atoms with Crippen LogP contribution in [0, 0.1) is 17.8 Å². The highest BCUT2D eigenvalue weighted by Crippen LogP contribution is 2.39. The van der Waals surface area contributed by atoms with Crippen LogP contribution in [0.25, 0.3) is 10.8 Å². The Labute approximate surface area is 177 Å². The van der Waals surface area contributed by atoms with Gasteiger partial charge in [0.25, 0.3) is 0 Å².